The SMILES string of the molecule is CCC(CNC(=NC)NCC1(OC)CCOCC1)Cc1cccc(Br)c1. The number of aliphatic imine (C=N–C) groups is 1. The molecule has 0 saturated carbocycles. The Labute approximate surface area is 166 Å². The maximum absolute atomic E-state index is 5.78. The van der Waals surface area contributed by atoms with E-state index < -0.39 is 0 Å². The molecule has 2 rings (SSSR count). The lowest BCUT2D eigenvalue weighted by atomic mass is 9.94. The Kier molecular flexibility index (Phi) is 8.88. The zero-order chi connectivity index (χ0) is 18.8. The van der Waals surface area contributed by atoms with Crippen molar-refractivity contribution < 1.29 is 9.47 Å². The van der Waals surface area contributed by atoms with Gasteiger partial charge in [-0.25, -0.2) is 0 Å². The molecular formula is C20H32BrN3O2. The number of hydrogen-bond acceptors (Lipinski definition) is 3. The van der Waals surface area contributed by atoms with E-state index in [1.165, 1.54) is 5.56 Å². The van der Waals surface area contributed by atoms with Crippen LogP contribution in [0, 0.1) is 5.92 Å². The summed E-state index contributed by atoms with van der Waals surface area (Å²) in [6.45, 7) is 5.39. The number of hydrogen-bond donors (Lipinski definition) is 2. The fourth-order valence-electron chi connectivity index (χ4n) is 3.26. The first kappa shape index (κ1) is 21.2. The second-order valence-electron chi connectivity index (χ2n) is 6.91. The van der Waals surface area contributed by atoms with Crippen LogP contribution in [0.25, 0.3) is 0 Å². The highest BCUT2D eigenvalue weighted by Gasteiger charge is 2.32. The summed E-state index contributed by atoms with van der Waals surface area (Å²) >= 11 is 3.55. The van der Waals surface area contributed by atoms with Crippen LogP contribution in [0.5, 0.6) is 0 Å². The normalized spacial score (nSPS) is 18.4. The molecule has 2 N–H and O–H groups in total. The summed E-state index contributed by atoms with van der Waals surface area (Å²) in [5.74, 6) is 1.39. The standard InChI is InChI=1S/C20H32BrN3O2/c1-4-16(12-17-6-5-7-18(21)13-17)14-23-19(22-2)24-15-20(25-3)8-10-26-11-9-20/h5-7,13,16H,4,8-12,14-15H2,1-3H3,(H2,22,23,24). The van der Waals surface area contributed by atoms with E-state index in [4.69, 9.17) is 9.47 Å². The first-order valence-electron chi connectivity index (χ1n) is 9.42. The quantitative estimate of drug-likeness (QED) is 0.495. The van der Waals surface area contributed by atoms with Crippen molar-refractivity contribution in [3.8, 4) is 0 Å². The lowest BCUT2D eigenvalue weighted by Gasteiger charge is -2.36. The van der Waals surface area contributed by atoms with Gasteiger partial charge in [0.25, 0.3) is 0 Å². The van der Waals surface area contributed by atoms with Gasteiger partial charge in [-0.3, -0.25) is 4.99 Å². The van der Waals surface area contributed by atoms with Crippen LogP contribution in [0.3, 0.4) is 0 Å². The highest BCUT2D eigenvalue weighted by molar-refractivity contribution is 9.10. The Morgan fingerprint density at radius 2 is 2.12 bits per heavy atom. The summed E-state index contributed by atoms with van der Waals surface area (Å²) in [5, 5.41) is 6.91. The summed E-state index contributed by atoms with van der Waals surface area (Å²) in [7, 11) is 3.60. The molecule has 1 heterocycles. The number of ether oxygens (including phenoxy) is 2. The van der Waals surface area contributed by atoms with Crippen LogP contribution in [-0.4, -0.2) is 52.0 Å². The average Bonchev–Trinajstić information content (AvgIpc) is 2.67. The molecule has 5 nitrogen and oxygen atoms in total. The summed E-state index contributed by atoms with van der Waals surface area (Å²) in [6.07, 6.45) is 4.00. The van der Waals surface area contributed by atoms with Crippen molar-refractivity contribution in [3.63, 3.8) is 0 Å². The molecule has 1 aliphatic rings. The van der Waals surface area contributed by atoms with Gasteiger partial charge in [0.2, 0.25) is 0 Å². The predicted molar refractivity (Wildman–Crippen MR) is 111 cm³/mol. The van der Waals surface area contributed by atoms with Gasteiger partial charge in [0, 0.05) is 57.8 Å². The number of nitrogens with one attached hydrogen (secondary N) is 2. The summed E-state index contributed by atoms with van der Waals surface area (Å²) < 4.78 is 12.4. The van der Waals surface area contributed by atoms with Crippen LogP contribution in [0.2, 0.25) is 0 Å². The molecule has 1 aromatic rings. The molecule has 6 heteroatoms. The fraction of sp³-hybridized carbons (Fsp3) is 0.650. The van der Waals surface area contributed by atoms with E-state index >= 15 is 0 Å². The minimum Gasteiger partial charge on any atom is -0.381 e. The van der Waals surface area contributed by atoms with E-state index in [1.54, 1.807) is 7.11 Å². The van der Waals surface area contributed by atoms with Crippen molar-refractivity contribution in [2.24, 2.45) is 10.9 Å². The topological polar surface area (TPSA) is 54.9 Å². The van der Waals surface area contributed by atoms with Gasteiger partial charge in [-0.2, -0.15) is 0 Å². The number of benzene rings is 1. The van der Waals surface area contributed by atoms with Crippen LogP contribution in [0.4, 0.5) is 0 Å². The van der Waals surface area contributed by atoms with Crippen molar-refractivity contribution in [1.82, 2.24) is 10.6 Å². The van der Waals surface area contributed by atoms with Crippen LogP contribution >= 0.6 is 15.9 Å². The summed E-state index contributed by atoms with van der Waals surface area (Å²) in [5.41, 5.74) is 1.20. The van der Waals surface area contributed by atoms with E-state index in [9.17, 15) is 0 Å². The lowest BCUT2D eigenvalue weighted by Crippen LogP contribution is -2.51. The van der Waals surface area contributed by atoms with Crippen molar-refractivity contribution in [1.29, 1.82) is 0 Å². The molecular weight excluding hydrogens is 394 g/mol. The minimum atomic E-state index is -0.156. The second-order valence-corrected chi connectivity index (χ2v) is 7.83. The molecule has 1 aromatic carbocycles. The first-order valence-corrected chi connectivity index (χ1v) is 10.2. The zero-order valence-electron chi connectivity index (χ0n) is 16.2. The molecule has 0 bridgehead atoms. The van der Waals surface area contributed by atoms with Crippen LogP contribution in [-0.2, 0) is 15.9 Å². The third kappa shape index (κ3) is 6.56. The minimum absolute atomic E-state index is 0.156. The molecule has 26 heavy (non-hydrogen) atoms. The van der Waals surface area contributed by atoms with Crippen LogP contribution in [0.1, 0.15) is 31.7 Å². The van der Waals surface area contributed by atoms with E-state index in [0.717, 1.165) is 62.4 Å². The van der Waals surface area contributed by atoms with E-state index in [2.05, 4.69) is 62.7 Å². The predicted octanol–water partition coefficient (Wildman–Crippen LogP) is 3.38. The van der Waals surface area contributed by atoms with Crippen molar-refractivity contribution in [2.45, 2.75) is 38.2 Å². The van der Waals surface area contributed by atoms with Gasteiger partial charge < -0.3 is 20.1 Å². The molecule has 1 unspecified atom stereocenters. The third-order valence-corrected chi connectivity index (χ3v) is 5.68. The van der Waals surface area contributed by atoms with Gasteiger partial charge in [0.05, 0.1) is 5.60 Å². The molecule has 0 aromatic heterocycles. The van der Waals surface area contributed by atoms with Crippen LogP contribution < -0.4 is 10.6 Å². The van der Waals surface area contributed by atoms with Gasteiger partial charge in [-0.1, -0.05) is 41.4 Å². The Morgan fingerprint density at radius 1 is 1.35 bits per heavy atom. The van der Waals surface area contributed by atoms with Crippen LogP contribution in [0.15, 0.2) is 33.7 Å². The maximum Gasteiger partial charge on any atom is 0.191 e. The number of halogens is 1. The molecule has 146 valence electrons. The number of nitrogens with zero attached hydrogens (tertiary/aromatic N) is 1. The first-order chi connectivity index (χ1) is 12.6. The highest BCUT2D eigenvalue weighted by Crippen LogP contribution is 2.23. The number of rotatable bonds is 8. The van der Waals surface area contributed by atoms with E-state index in [0.29, 0.717) is 5.92 Å². The molecule has 1 aliphatic heterocycles. The molecule has 0 spiro atoms. The largest absolute Gasteiger partial charge is 0.381 e. The Morgan fingerprint density at radius 3 is 2.73 bits per heavy atom. The van der Waals surface area contributed by atoms with Gasteiger partial charge >= 0.3 is 0 Å². The molecule has 0 aliphatic carbocycles. The summed E-state index contributed by atoms with van der Waals surface area (Å²) in [6, 6.07) is 8.55. The Balaban J connectivity index is 1.82. The van der Waals surface area contributed by atoms with Gasteiger partial charge in [0.15, 0.2) is 5.96 Å². The van der Waals surface area contributed by atoms with E-state index in [-0.39, 0.29) is 5.60 Å². The monoisotopic (exact) mass is 425 g/mol. The van der Waals surface area contributed by atoms with Gasteiger partial charge in [-0.15, -0.1) is 0 Å². The molecule has 1 saturated heterocycles. The van der Waals surface area contributed by atoms with Crippen molar-refractivity contribution in [2.75, 3.05) is 40.5 Å². The molecule has 1 atom stereocenters. The number of guanidine groups is 1. The van der Waals surface area contributed by atoms with Gasteiger partial charge in [-0.05, 0) is 30.0 Å². The smallest absolute Gasteiger partial charge is 0.191 e. The zero-order valence-corrected chi connectivity index (χ0v) is 17.8. The summed E-state index contributed by atoms with van der Waals surface area (Å²) in [4.78, 5) is 4.37. The maximum atomic E-state index is 5.78. The average molecular weight is 426 g/mol. The Bertz CT molecular complexity index is 574. The number of methoxy groups -OCH3 is 1. The van der Waals surface area contributed by atoms with Crippen molar-refractivity contribution >= 4 is 21.9 Å². The second kappa shape index (κ2) is 10.9. The highest BCUT2D eigenvalue weighted by atomic mass is 79.9. The Hall–Kier alpha value is -1.11. The molecule has 0 radical (unpaired) electrons. The molecule has 0 amide bonds. The lowest BCUT2D eigenvalue weighted by molar-refractivity contribution is -0.0855. The van der Waals surface area contributed by atoms with Gasteiger partial charge in [0.1, 0.15) is 0 Å². The third-order valence-electron chi connectivity index (χ3n) is 5.19. The molecule has 1 fully saturated rings. The van der Waals surface area contributed by atoms with E-state index in [1.807, 2.05) is 7.05 Å². The van der Waals surface area contributed by atoms with Crippen molar-refractivity contribution in [3.05, 3.63) is 34.3 Å². The fourth-order valence-corrected chi connectivity index (χ4v) is 3.71.